The zero-order chi connectivity index (χ0) is 10.7. The number of aromatic nitrogens is 2. The lowest BCUT2D eigenvalue weighted by atomic mass is 10.0. The summed E-state index contributed by atoms with van der Waals surface area (Å²) in [4.78, 5) is 8.35. The van der Waals surface area contributed by atoms with E-state index in [1.54, 1.807) is 6.33 Å². The Hall–Kier alpha value is -0.390. The standard InChI is InChI=1S/C12H14IN3/c13-8-4-14-5-15-12(8)16-11-9-6-1-2-7(3-6)10(9)11/h4-7,9-11H,1-3H2,(H,14,15,16). The summed E-state index contributed by atoms with van der Waals surface area (Å²) in [5.41, 5.74) is 0. The average Bonchev–Trinajstić information content (AvgIpc) is 2.71. The maximum atomic E-state index is 4.33. The minimum absolute atomic E-state index is 0.717. The molecule has 3 aliphatic rings. The molecule has 84 valence electrons. The first kappa shape index (κ1) is 9.62. The van der Waals surface area contributed by atoms with Crippen molar-refractivity contribution in [3.05, 3.63) is 16.1 Å². The zero-order valence-corrected chi connectivity index (χ0v) is 11.1. The van der Waals surface area contributed by atoms with Gasteiger partial charge in [0, 0.05) is 12.2 Å². The van der Waals surface area contributed by atoms with E-state index in [1.807, 2.05) is 6.20 Å². The highest BCUT2D eigenvalue weighted by Crippen LogP contribution is 2.66. The fourth-order valence-electron chi connectivity index (χ4n) is 4.10. The maximum Gasteiger partial charge on any atom is 0.143 e. The van der Waals surface area contributed by atoms with Crippen LogP contribution < -0.4 is 5.32 Å². The topological polar surface area (TPSA) is 37.8 Å². The Bertz CT molecular complexity index is 420. The Balaban J connectivity index is 1.53. The lowest BCUT2D eigenvalue weighted by molar-refractivity contribution is 0.456. The van der Waals surface area contributed by atoms with E-state index < -0.39 is 0 Å². The van der Waals surface area contributed by atoms with E-state index in [0.717, 1.165) is 39.1 Å². The van der Waals surface area contributed by atoms with E-state index in [0.29, 0.717) is 0 Å². The van der Waals surface area contributed by atoms with Gasteiger partial charge in [-0.25, -0.2) is 9.97 Å². The first-order valence-corrected chi connectivity index (χ1v) is 7.14. The first-order valence-electron chi connectivity index (χ1n) is 6.06. The zero-order valence-electron chi connectivity index (χ0n) is 8.94. The molecule has 0 spiro atoms. The average molecular weight is 327 g/mol. The van der Waals surface area contributed by atoms with Crippen LogP contribution in [-0.2, 0) is 0 Å². The van der Waals surface area contributed by atoms with Gasteiger partial charge < -0.3 is 5.32 Å². The summed E-state index contributed by atoms with van der Waals surface area (Å²) in [5.74, 6) is 5.00. The minimum atomic E-state index is 0.717. The van der Waals surface area contributed by atoms with Gasteiger partial charge in [-0.1, -0.05) is 0 Å². The van der Waals surface area contributed by atoms with Gasteiger partial charge in [-0.3, -0.25) is 0 Å². The lowest BCUT2D eigenvalue weighted by Gasteiger charge is -2.11. The van der Waals surface area contributed by atoms with Crippen molar-refractivity contribution in [1.82, 2.24) is 9.97 Å². The summed E-state index contributed by atoms with van der Waals surface area (Å²) in [7, 11) is 0. The highest BCUT2D eigenvalue weighted by molar-refractivity contribution is 14.1. The van der Waals surface area contributed by atoms with Gasteiger partial charge in [0.15, 0.2) is 0 Å². The SMILES string of the molecule is Ic1cncnc1NC1C2C3CCC(C3)C12. The highest BCUT2D eigenvalue weighted by Gasteiger charge is 2.65. The molecule has 4 heteroatoms. The van der Waals surface area contributed by atoms with Crippen LogP contribution in [0.3, 0.4) is 0 Å². The van der Waals surface area contributed by atoms with E-state index in [2.05, 4.69) is 37.9 Å². The van der Waals surface area contributed by atoms with Crippen molar-refractivity contribution in [1.29, 1.82) is 0 Å². The third-order valence-corrected chi connectivity index (χ3v) is 5.50. The van der Waals surface area contributed by atoms with E-state index in [4.69, 9.17) is 0 Å². The summed E-state index contributed by atoms with van der Waals surface area (Å²) >= 11 is 2.30. The predicted octanol–water partition coefficient (Wildman–Crippen LogP) is 2.54. The number of hydrogen-bond donors (Lipinski definition) is 1. The van der Waals surface area contributed by atoms with Crippen LogP contribution >= 0.6 is 22.6 Å². The van der Waals surface area contributed by atoms with E-state index >= 15 is 0 Å². The monoisotopic (exact) mass is 327 g/mol. The predicted molar refractivity (Wildman–Crippen MR) is 70.0 cm³/mol. The van der Waals surface area contributed by atoms with Crippen LogP contribution in [0.4, 0.5) is 5.82 Å². The summed E-state index contributed by atoms with van der Waals surface area (Å²) in [5, 5.41) is 3.63. The highest BCUT2D eigenvalue weighted by atomic mass is 127. The van der Waals surface area contributed by atoms with Crippen molar-refractivity contribution in [2.24, 2.45) is 23.7 Å². The number of halogens is 1. The van der Waals surface area contributed by atoms with Gasteiger partial charge in [0.2, 0.25) is 0 Å². The molecule has 0 saturated heterocycles. The Morgan fingerprint density at radius 2 is 2.00 bits per heavy atom. The second-order valence-electron chi connectivity index (χ2n) is 5.38. The first-order chi connectivity index (χ1) is 7.84. The van der Waals surface area contributed by atoms with Gasteiger partial charge in [0.05, 0.1) is 3.57 Å². The molecule has 1 N–H and O–H groups in total. The number of nitrogens with one attached hydrogen (secondary N) is 1. The molecule has 0 aromatic carbocycles. The molecule has 4 unspecified atom stereocenters. The molecule has 1 aromatic rings. The van der Waals surface area contributed by atoms with Crippen LogP contribution in [0, 0.1) is 27.2 Å². The second-order valence-corrected chi connectivity index (χ2v) is 6.54. The summed E-state index contributed by atoms with van der Waals surface area (Å²) in [6, 6.07) is 0.717. The second kappa shape index (κ2) is 3.31. The summed E-state index contributed by atoms with van der Waals surface area (Å²) in [6.45, 7) is 0. The fraction of sp³-hybridized carbons (Fsp3) is 0.667. The Kier molecular flexibility index (Phi) is 1.99. The van der Waals surface area contributed by atoms with E-state index in [9.17, 15) is 0 Å². The molecular formula is C12H14IN3. The number of fused-ring (bicyclic) bond motifs is 5. The fourth-order valence-corrected chi connectivity index (χ4v) is 4.55. The molecular weight excluding hydrogens is 313 g/mol. The molecule has 3 saturated carbocycles. The van der Waals surface area contributed by atoms with Crippen molar-refractivity contribution in [3.63, 3.8) is 0 Å². The van der Waals surface area contributed by atoms with Gasteiger partial charge in [0.25, 0.3) is 0 Å². The quantitative estimate of drug-likeness (QED) is 0.849. The molecule has 16 heavy (non-hydrogen) atoms. The molecule has 3 aliphatic carbocycles. The summed E-state index contributed by atoms with van der Waals surface area (Å²) in [6.07, 6.45) is 7.98. The van der Waals surface area contributed by atoms with Crippen LogP contribution in [0.15, 0.2) is 12.5 Å². The molecule has 3 fully saturated rings. The van der Waals surface area contributed by atoms with Gasteiger partial charge in [-0.15, -0.1) is 0 Å². The maximum absolute atomic E-state index is 4.33. The van der Waals surface area contributed by atoms with Crippen molar-refractivity contribution < 1.29 is 0 Å². The van der Waals surface area contributed by atoms with Crippen LogP contribution in [0.25, 0.3) is 0 Å². The smallest absolute Gasteiger partial charge is 0.143 e. The van der Waals surface area contributed by atoms with Crippen LogP contribution in [0.5, 0.6) is 0 Å². The molecule has 1 heterocycles. The van der Waals surface area contributed by atoms with Gasteiger partial charge in [0.1, 0.15) is 12.1 Å². The number of anilines is 1. The third-order valence-electron chi connectivity index (χ3n) is 4.71. The molecule has 0 radical (unpaired) electrons. The van der Waals surface area contributed by atoms with Crippen LogP contribution in [-0.4, -0.2) is 16.0 Å². The number of rotatable bonds is 2. The molecule has 4 atom stereocenters. The number of hydrogen-bond acceptors (Lipinski definition) is 3. The van der Waals surface area contributed by atoms with Gasteiger partial charge in [-0.05, 0) is 65.5 Å². The van der Waals surface area contributed by atoms with E-state index in [1.165, 1.54) is 19.3 Å². The number of nitrogens with zero attached hydrogens (tertiary/aromatic N) is 2. The molecule has 3 nitrogen and oxygen atoms in total. The normalized spacial score (nSPS) is 43.2. The Morgan fingerprint density at radius 3 is 2.69 bits per heavy atom. The molecule has 4 rings (SSSR count). The summed E-state index contributed by atoms with van der Waals surface area (Å²) < 4.78 is 1.14. The van der Waals surface area contributed by atoms with Crippen LogP contribution in [0.1, 0.15) is 19.3 Å². The Labute approximate surface area is 109 Å². The molecule has 1 aromatic heterocycles. The van der Waals surface area contributed by atoms with E-state index in [-0.39, 0.29) is 0 Å². The molecule has 2 bridgehead atoms. The minimum Gasteiger partial charge on any atom is -0.366 e. The largest absolute Gasteiger partial charge is 0.366 e. The van der Waals surface area contributed by atoms with Crippen molar-refractivity contribution in [2.75, 3.05) is 5.32 Å². The Morgan fingerprint density at radius 1 is 1.25 bits per heavy atom. The lowest BCUT2D eigenvalue weighted by Crippen LogP contribution is -2.14. The molecule has 0 aliphatic heterocycles. The van der Waals surface area contributed by atoms with Gasteiger partial charge in [-0.2, -0.15) is 0 Å². The van der Waals surface area contributed by atoms with Crippen molar-refractivity contribution in [3.8, 4) is 0 Å². The third kappa shape index (κ3) is 1.25. The molecule has 0 amide bonds. The van der Waals surface area contributed by atoms with Gasteiger partial charge >= 0.3 is 0 Å². The van der Waals surface area contributed by atoms with Crippen LogP contribution in [0.2, 0.25) is 0 Å². The van der Waals surface area contributed by atoms with Crippen molar-refractivity contribution in [2.45, 2.75) is 25.3 Å². The van der Waals surface area contributed by atoms with Crippen molar-refractivity contribution >= 4 is 28.4 Å².